The van der Waals surface area contributed by atoms with Crippen molar-refractivity contribution < 1.29 is 13.9 Å². The number of nitrogens with zero attached hydrogens (tertiary/aromatic N) is 4. The maximum Gasteiger partial charge on any atom is 0.263 e. The SMILES string of the molecule is C=CCn1c(SCC(=O)N2CCN(c3ccc(OC)cc3)CC2)nc2scc(-c3ccco3)c2c1=O. The van der Waals surface area contributed by atoms with Crippen LogP contribution in [0, 0.1) is 0 Å². The van der Waals surface area contributed by atoms with E-state index in [0.717, 1.165) is 30.1 Å². The van der Waals surface area contributed by atoms with Crippen LogP contribution in [-0.2, 0) is 11.3 Å². The summed E-state index contributed by atoms with van der Waals surface area (Å²) < 4.78 is 12.3. The average Bonchev–Trinajstić information content (AvgIpc) is 3.59. The Hall–Kier alpha value is -3.50. The molecule has 5 rings (SSSR count). The van der Waals surface area contributed by atoms with Gasteiger partial charge in [0.15, 0.2) is 5.16 Å². The third kappa shape index (κ3) is 4.78. The number of fused-ring (bicyclic) bond motifs is 1. The number of aromatic nitrogens is 2. The number of rotatable bonds is 8. The maximum absolute atomic E-state index is 13.4. The molecule has 1 aliphatic heterocycles. The van der Waals surface area contributed by atoms with Crippen LogP contribution in [0.2, 0.25) is 0 Å². The molecule has 4 heterocycles. The number of methoxy groups -OCH3 is 1. The van der Waals surface area contributed by atoms with Crippen LogP contribution in [0.4, 0.5) is 5.69 Å². The quantitative estimate of drug-likeness (QED) is 0.193. The zero-order valence-electron chi connectivity index (χ0n) is 19.9. The topological polar surface area (TPSA) is 80.8 Å². The van der Waals surface area contributed by atoms with E-state index in [1.165, 1.54) is 23.1 Å². The fourth-order valence-electron chi connectivity index (χ4n) is 4.24. The van der Waals surface area contributed by atoms with Crippen LogP contribution in [0.1, 0.15) is 0 Å². The van der Waals surface area contributed by atoms with Gasteiger partial charge in [0.1, 0.15) is 16.3 Å². The van der Waals surface area contributed by atoms with Gasteiger partial charge in [0.2, 0.25) is 5.91 Å². The Bertz CT molecular complexity index is 1420. The standard InChI is InChI=1S/C26H26N4O4S2/c1-3-10-30-25(32)23-20(21-5-4-15-34-21)16-35-24(23)27-26(30)36-17-22(31)29-13-11-28(12-14-29)18-6-8-19(33-2)9-7-18/h3-9,15-16H,1,10-14,17H2,2H3. The molecule has 186 valence electrons. The van der Waals surface area contributed by atoms with Gasteiger partial charge in [-0.1, -0.05) is 17.8 Å². The summed E-state index contributed by atoms with van der Waals surface area (Å²) in [6, 6.07) is 11.6. The van der Waals surface area contributed by atoms with E-state index < -0.39 is 0 Å². The van der Waals surface area contributed by atoms with Gasteiger partial charge in [0, 0.05) is 49.4 Å². The number of carbonyl (C=O) groups excluding carboxylic acids is 1. The van der Waals surface area contributed by atoms with Crippen LogP contribution in [0.15, 0.2) is 75.1 Å². The summed E-state index contributed by atoms with van der Waals surface area (Å²) in [7, 11) is 1.65. The Morgan fingerprint density at radius 2 is 2.00 bits per heavy atom. The Labute approximate surface area is 216 Å². The fraction of sp³-hybridized carbons (Fsp3) is 0.269. The number of hydrogen-bond donors (Lipinski definition) is 0. The highest BCUT2D eigenvalue weighted by Crippen LogP contribution is 2.32. The highest BCUT2D eigenvalue weighted by molar-refractivity contribution is 7.99. The zero-order valence-corrected chi connectivity index (χ0v) is 21.5. The summed E-state index contributed by atoms with van der Waals surface area (Å²) in [4.78, 5) is 35.9. The van der Waals surface area contributed by atoms with Crippen molar-refractivity contribution in [3.63, 3.8) is 0 Å². The molecule has 0 aliphatic carbocycles. The first-order valence-corrected chi connectivity index (χ1v) is 13.4. The molecule has 0 bridgehead atoms. The molecule has 10 heteroatoms. The number of amides is 1. The smallest absolute Gasteiger partial charge is 0.263 e. The molecule has 1 saturated heterocycles. The highest BCUT2D eigenvalue weighted by Gasteiger charge is 2.23. The minimum Gasteiger partial charge on any atom is -0.497 e. The number of benzene rings is 1. The Morgan fingerprint density at radius 3 is 2.67 bits per heavy atom. The molecular weight excluding hydrogens is 496 g/mol. The molecule has 4 aromatic rings. The van der Waals surface area contributed by atoms with Gasteiger partial charge >= 0.3 is 0 Å². The first-order valence-electron chi connectivity index (χ1n) is 11.6. The molecule has 0 saturated carbocycles. The number of furan rings is 1. The molecule has 8 nitrogen and oxygen atoms in total. The van der Waals surface area contributed by atoms with E-state index in [1.54, 1.807) is 30.1 Å². The summed E-state index contributed by atoms with van der Waals surface area (Å²) in [5, 5.41) is 2.94. The largest absolute Gasteiger partial charge is 0.497 e. The Kier molecular flexibility index (Phi) is 7.15. The lowest BCUT2D eigenvalue weighted by molar-refractivity contribution is -0.128. The number of thiophene rings is 1. The lowest BCUT2D eigenvalue weighted by atomic mass is 10.2. The summed E-state index contributed by atoms with van der Waals surface area (Å²) in [5.74, 6) is 1.71. The minimum atomic E-state index is -0.157. The second kappa shape index (κ2) is 10.6. The molecule has 1 fully saturated rings. The Morgan fingerprint density at radius 1 is 1.22 bits per heavy atom. The van der Waals surface area contributed by atoms with Gasteiger partial charge in [-0.15, -0.1) is 17.9 Å². The van der Waals surface area contributed by atoms with Crippen molar-refractivity contribution in [1.29, 1.82) is 0 Å². The molecule has 3 aromatic heterocycles. The van der Waals surface area contributed by atoms with Crippen molar-refractivity contribution in [2.75, 3.05) is 43.9 Å². The van der Waals surface area contributed by atoms with E-state index in [2.05, 4.69) is 11.5 Å². The number of allylic oxidation sites excluding steroid dienone is 1. The lowest BCUT2D eigenvalue weighted by Gasteiger charge is -2.36. The second-order valence-electron chi connectivity index (χ2n) is 8.26. The number of piperazine rings is 1. The molecule has 0 N–H and O–H groups in total. The monoisotopic (exact) mass is 522 g/mol. The van der Waals surface area contributed by atoms with Gasteiger partial charge in [0.25, 0.3) is 5.56 Å². The van der Waals surface area contributed by atoms with Gasteiger partial charge in [-0.3, -0.25) is 14.2 Å². The number of hydrogen-bond acceptors (Lipinski definition) is 8. The highest BCUT2D eigenvalue weighted by atomic mass is 32.2. The van der Waals surface area contributed by atoms with E-state index in [0.29, 0.717) is 40.8 Å². The van der Waals surface area contributed by atoms with E-state index in [1.807, 2.05) is 40.6 Å². The van der Waals surface area contributed by atoms with E-state index in [4.69, 9.17) is 14.1 Å². The molecule has 1 aromatic carbocycles. The summed E-state index contributed by atoms with van der Waals surface area (Å²) >= 11 is 2.69. The predicted octanol–water partition coefficient (Wildman–Crippen LogP) is 4.35. The van der Waals surface area contributed by atoms with Crippen molar-refractivity contribution >= 4 is 44.9 Å². The van der Waals surface area contributed by atoms with E-state index in [-0.39, 0.29) is 17.2 Å². The van der Waals surface area contributed by atoms with Crippen LogP contribution in [0.3, 0.4) is 0 Å². The minimum absolute atomic E-state index is 0.0383. The molecule has 36 heavy (non-hydrogen) atoms. The average molecular weight is 523 g/mol. The van der Waals surface area contributed by atoms with Crippen molar-refractivity contribution in [2.24, 2.45) is 0 Å². The van der Waals surface area contributed by atoms with E-state index >= 15 is 0 Å². The third-order valence-electron chi connectivity index (χ3n) is 6.15. The van der Waals surface area contributed by atoms with Gasteiger partial charge < -0.3 is 19.0 Å². The van der Waals surface area contributed by atoms with Crippen LogP contribution >= 0.6 is 23.1 Å². The maximum atomic E-state index is 13.4. The number of thioether (sulfide) groups is 1. The molecule has 0 atom stereocenters. The van der Waals surface area contributed by atoms with Crippen LogP contribution in [-0.4, -0.2) is 59.4 Å². The van der Waals surface area contributed by atoms with Crippen LogP contribution in [0.25, 0.3) is 21.5 Å². The molecular formula is C26H26N4O4S2. The van der Waals surface area contributed by atoms with E-state index in [9.17, 15) is 9.59 Å². The van der Waals surface area contributed by atoms with Gasteiger partial charge in [-0.2, -0.15) is 0 Å². The molecule has 1 amide bonds. The van der Waals surface area contributed by atoms with Crippen molar-refractivity contribution in [3.05, 3.63) is 71.1 Å². The van der Waals surface area contributed by atoms with Crippen molar-refractivity contribution in [3.8, 4) is 17.1 Å². The summed E-state index contributed by atoms with van der Waals surface area (Å²) in [5.41, 5.74) is 1.70. The zero-order chi connectivity index (χ0) is 25.1. The molecule has 0 unspecified atom stereocenters. The van der Waals surface area contributed by atoms with Crippen LogP contribution < -0.4 is 15.2 Å². The second-order valence-corrected chi connectivity index (χ2v) is 10.1. The lowest BCUT2D eigenvalue weighted by Crippen LogP contribution is -2.49. The molecule has 1 aliphatic rings. The first-order chi connectivity index (χ1) is 17.6. The normalized spacial score (nSPS) is 13.8. The number of carbonyl (C=O) groups is 1. The fourth-order valence-corrected chi connectivity index (χ4v) is 6.12. The van der Waals surface area contributed by atoms with Gasteiger partial charge in [-0.25, -0.2) is 4.98 Å². The van der Waals surface area contributed by atoms with Gasteiger partial charge in [0.05, 0.1) is 24.5 Å². The molecule has 0 radical (unpaired) electrons. The number of ether oxygens (including phenoxy) is 1. The third-order valence-corrected chi connectivity index (χ3v) is 7.99. The summed E-state index contributed by atoms with van der Waals surface area (Å²) in [6.07, 6.45) is 3.25. The number of anilines is 1. The molecule has 0 spiro atoms. The van der Waals surface area contributed by atoms with Crippen molar-refractivity contribution in [2.45, 2.75) is 11.7 Å². The predicted molar refractivity (Wildman–Crippen MR) is 144 cm³/mol. The van der Waals surface area contributed by atoms with Gasteiger partial charge in [-0.05, 0) is 36.4 Å². The first kappa shape index (κ1) is 24.2. The Balaban J connectivity index is 1.27. The van der Waals surface area contributed by atoms with Crippen molar-refractivity contribution in [1.82, 2.24) is 14.5 Å². The van der Waals surface area contributed by atoms with Crippen LogP contribution in [0.5, 0.6) is 5.75 Å². The summed E-state index contributed by atoms with van der Waals surface area (Å²) in [6.45, 7) is 6.92.